The van der Waals surface area contributed by atoms with Gasteiger partial charge < -0.3 is 8.92 Å². The molecule has 5 fully saturated rings. The molecule has 13 heteroatoms. The van der Waals surface area contributed by atoms with E-state index in [4.69, 9.17) is 18.7 Å². The molecule has 1 atom stereocenters. The summed E-state index contributed by atoms with van der Waals surface area (Å²) in [7, 11) is -2.65. The van der Waals surface area contributed by atoms with Crippen LogP contribution in [-0.2, 0) is 37.5 Å². The van der Waals surface area contributed by atoms with Gasteiger partial charge in [-0.1, -0.05) is 24.3 Å². The van der Waals surface area contributed by atoms with Crippen LogP contribution in [-0.4, -0.2) is 31.6 Å². The summed E-state index contributed by atoms with van der Waals surface area (Å²) in [6.07, 6.45) is 12.4. The highest BCUT2D eigenvalue weighted by Crippen LogP contribution is 2.70. The van der Waals surface area contributed by atoms with Crippen molar-refractivity contribution in [2.45, 2.75) is 49.0 Å². The van der Waals surface area contributed by atoms with Crippen LogP contribution in [0.15, 0.2) is 60.9 Å². The third kappa shape index (κ3) is 4.76. The average Bonchev–Trinajstić information content (AvgIpc) is 3.44. The number of rotatable bonds is 7. The highest BCUT2D eigenvalue weighted by Gasteiger charge is 2.77. The first-order valence-corrected chi connectivity index (χ1v) is 17.8. The van der Waals surface area contributed by atoms with Gasteiger partial charge in [0.2, 0.25) is 0 Å². The van der Waals surface area contributed by atoms with Gasteiger partial charge in [-0.05, 0) is 91.2 Å². The van der Waals surface area contributed by atoms with Crippen LogP contribution in [0, 0.1) is 23.7 Å². The van der Waals surface area contributed by atoms with Crippen molar-refractivity contribution < 1.29 is 44.9 Å². The first-order chi connectivity index (χ1) is 22.4. The predicted molar refractivity (Wildman–Crippen MR) is 168 cm³/mol. The van der Waals surface area contributed by atoms with Crippen LogP contribution in [0.1, 0.15) is 48.8 Å². The number of nitrogens with zero attached hydrogens (tertiary/aromatic N) is 2. The van der Waals surface area contributed by atoms with E-state index >= 15 is 0 Å². The van der Waals surface area contributed by atoms with Gasteiger partial charge in [-0.15, -0.1) is 11.3 Å². The van der Waals surface area contributed by atoms with Crippen molar-refractivity contribution in [1.29, 1.82) is 0 Å². The number of fused-ring (bicyclic) bond motifs is 1. The number of methoxy groups -OCH3 is 1. The summed E-state index contributed by atoms with van der Waals surface area (Å²) in [5.41, 5.74) is -4.10. The van der Waals surface area contributed by atoms with Crippen molar-refractivity contribution in [3.8, 4) is 16.3 Å². The molecule has 8 nitrogen and oxygen atoms in total. The van der Waals surface area contributed by atoms with Gasteiger partial charge in [0.05, 0.1) is 15.8 Å². The fourth-order valence-corrected chi connectivity index (χ4v) is 10.0. The summed E-state index contributed by atoms with van der Waals surface area (Å²) >= 11 is 1.22. The maximum absolute atomic E-state index is 13.8. The number of thiazole rings is 1. The minimum atomic E-state index is -6.05. The van der Waals surface area contributed by atoms with Crippen molar-refractivity contribution in [2.75, 3.05) is 7.11 Å². The van der Waals surface area contributed by atoms with Crippen LogP contribution in [0.25, 0.3) is 32.9 Å². The molecule has 4 bridgehead atoms. The second-order valence-electron chi connectivity index (χ2n) is 13.1. The molecule has 47 heavy (non-hydrogen) atoms. The number of para-hydroxylation sites is 1. The van der Waals surface area contributed by atoms with Gasteiger partial charge >= 0.3 is 15.6 Å². The number of pyridine rings is 1. The molecule has 3 heterocycles. The number of benzene rings is 2. The van der Waals surface area contributed by atoms with Gasteiger partial charge in [0.15, 0.2) is 23.7 Å². The SMILES string of the molecule is COC1(c2cc(OS(=O)(=O)C(F)(F)F)c(-c3nc4ccccc4s3)cc2/C=C/c2cc[n+](C)cc2)OOC12C1CC3CC(C1)CC2C3. The van der Waals surface area contributed by atoms with Crippen molar-refractivity contribution in [2.24, 2.45) is 30.7 Å². The number of ether oxygens (including phenoxy) is 1. The van der Waals surface area contributed by atoms with Crippen LogP contribution in [0.4, 0.5) is 13.2 Å². The van der Waals surface area contributed by atoms with Gasteiger partial charge in [-0.25, -0.2) is 14.4 Å². The molecule has 1 saturated heterocycles. The second-order valence-corrected chi connectivity index (χ2v) is 15.7. The topological polar surface area (TPSA) is 87.8 Å². The number of alkyl halides is 3. The van der Waals surface area contributed by atoms with E-state index in [1.165, 1.54) is 30.9 Å². The summed E-state index contributed by atoms with van der Waals surface area (Å²) in [4.78, 5) is 16.8. The number of hydrogen-bond acceptors (Lipinski definition) is 8. The van der Waals surface area contributed by atoms with Crippen LogP contribution in [0.3, 0.4) is 0 Å². The Kier molecular flexibility index (Phi) is 7.13. The summed E-state index contributed by atoms with van der Waals surface area (Å²) in [5.74, 6) is -0.678. The van der Waals surface area contributed by atoms with Gasteiger partial charge in [0.1, 0.15) is 12.1 Å². The van der Waals surface area contributed by atoms with E-state index in [-0.39, 0.29) is 17.4 Å². The van der Waals surface area contributed by atoms with Gasteiger partial charge in [-0.3, -0.25) is 0 Å². The number of aryl methyl sites for hydroxylation is 1. The maximum atomic E-state index is 13.8. The maximum Gasteiger partial charge on any atom is 0.534 e. The van der Waals surface area contributed by atoms with Gasteiger partial charge in [0.25, 0.3) is 5.79 Å². The molecule has 2 aromatic carbocycles. The zero-order chi connectivity index (χ0) is 32.8. The number of aromatic nitrogens is 2. The lowest BCUT2D eigenvalue weighted by Gasteiger charge is -2.68. The fraction of sp³-hybridized carbons (Fsp3) is 0.412. The molecule has 0 radical (unpaired) electrons. The van der Waals surface area contributed by atoms with Gasteiger partial charge in [0, 0.05) is 24.8 Å². The van der Waals surface area contributed by atoms with Crippen LogP contribution >= 0.6 is 11.3 Å². The van der Waals surface area contributed by atoms with Crippen molar-refractivity contribution >= 4 is 43.8 Å². The lowest BCUT2D eigenvalue weighted by atomic mass is 9.47. The van der Waals surface area contributed by atoms with E-state index in [0.29, 0.717) is 33.5 Å². The van der Waals surface area contributed by atoms with E-state index in [9.17, 15) is 21.6 Å². The predicted octanol–water partition coefficient (Wildman–Crippen LogP) is 7.14. The molecule has 9 rings (SSSR count). The van der Waals surface area contributed by atoms with Gasteiger partial charge in [-0.2, -0.15) is 26.5 Å². The van der Waals surface area contributed by atoms with Crippen LogP contribution in [0.5, 0.6) is 5.75 Å². The molecule has 0 amide bonds. The van der Waals surface area contributed by atoms with Crippen molar-refractivity contribution in [1.82, 2.24) is 4.98 Å². The van der Waals surface area contributed by atoms with Crippen molar-refractivity contribution in [3.63, 3.8) is 0 Å². The Morgan fingerprint density at radius 1 is 0.979 bits per heavy atom. The minimum Gasteiger partial charge on any atom is -0.375 e. The summed E-state index contributed by atoms with van der Waals surface area (Å²) < 4.78 is 80.4. The molecular weight excluding hydrogens is 654 g/mol. The molecule has 4 aromatic rings. The molecule has 1 spiro atoms. The molecule has 4 aliphatic carbocycles. The number of halogens is 3. The third-order valence-electron chi connectivity index (χ3n) is 10.4. The largest absolute Gasteiger partial charge is 0.534 e. The molecular formula is C34H32F3N2O6S2+. The first-order valence-electron chi connectivity index (χ1n) is 15.5. The summed E-state index contributed by atoms with van der Waals surface area (Å²) in [6, 6.07) is 14.0. The lowest BCUT2D eigenvalue weighted by Crippen LogP contribution is -2.76. The minimum absolute atomic E-state index is 0.0903. The van der Waals surface area contributed by atoms with Crippen LogP contribution < -0.4 is 8.75 Å². The fourth-order valence-electron chi connectivity index (χ4n) is 8.55. The molecule has 1 unspecified atom stereocenters. The Labute approximate surface area is 273 Å². The molecule has 5 aliphatic rings. The lowest BCUT2D eigenvalue weighted by molar-refractivity contribution is -0.671. The molecule has 1 aliphatic heterocycles. The molecule has 0 N–H and O–H groups in total. The Hall–Kier alpha value is -3.36. The summed E-state index contributed by atoms with van der Waals surface area (Å²) in [5, 5.41) is 0.299. The standard InChI is InChI=1S/C34H32F3N2O6S2/c1-39-11-9-20(10-12-39)7-8-23-18-26(31-38-28-5-3-4-6-30(28)46-31)29(43-47(40,41)34(35,36)37)19-27(23)33(42-2)32(44-45-33)24-14-21-13-22(16-24)17-25(32)15-21/h3-12,18-19,21-22,24-25H,13-17H2,1-2H3/q+1/b8-7+. The molecule has 4 saturated carbocycles. The average molecular weight is 686 g/mol. The first kappa shape index (κ1) is 30.9. The van der Waals surface area contributed by atoms with Crippen LogP contribution in [0.2, 0.25) is 0 Å². The highest BCUT2D eigenvalue weighted by molar-refractivity contribution is 7.88. The smallest absolute Gasteiger partial charge is 0.375 e. The zero-order valence-electron chi connectivity index (χ0n) is 25.6. The van der Waals surface area contributed by atoms with E-state index < -0.39 is 32.8 Å². The quantitative estimate of drug-likeness (QED) is 0.0885. The van der Waals surface area contributed by atoms with E-state index in [0.717, 1.165) is 35.9 Å². The van der Waals surface area contributed by atoms with Crippen molar-refractivity contribution in [3.05, 3.63) is 77.6 Å². The Morgan fingerprint density at radius 3 is 2.26 bits per heavy atom. The summed E-state index contributed by atoms with van der Waals surface area (Å²) in [6.45, 7) is 0. The van der Waals surface area contributed by atoms with E-state index in [2.05, 4.69) is 4.98 Å². The number of hydrogen-bond donors (Lipinski definition) is 0. The third-order valence-corrected chi connectivity index (χ3v) is 12.5. The monoisotopic (exact) mass is 685 g/mol. The Balaban J connectivity index is 1.36. The Morgan fingerprint density at radius 2 is 1.66 bits per heavy atom. The van der Waals surface area contributed by atoms with E-state index in [1.54, 1.807) is 18.2 Å². The normalized spacial score (nSPS) is 30.0. The molecule has 2 aromatic heterocycles. The Bertz CT molecular complexity index is 1950. The van der Waals surface area contributed by atoms with E-state index in [1.807, 2.05) is 60.4 Å². The second kappa shape index (κ2) is 10.8. The highest BCUT2D eigenvalue weighted by atomic mass is 32.2. The molecule has 246 valence electrons. The zero-order valence-corrected chi connectivity index (χ0v) is 27.2.